The number of benzene rings is 3. The normalized spacial score (nSPS) is 14.0. The summed E-state index contributed by atoms with van der Waals surface area (Å²) in [6.45, 7) is 7.88. The average Bonchev–Trinajstić information content (AvgIpc) is 3.04. The van der Waals surface area contributed by atoms with E-state index in [1.54, 1.807) is 14.2 Å². The minimum atomic E-state index is -0.153. The Morgan fingerprint density at radius 3 is 2.09 bits per heavy atom. The highest BCUT2D eigenvalue weighted by Gasteiger charge is 2.31. The van der Waals surface area contributed by atoms with Crippen LogP contribution in [0.2, 0.25) is 5.02 Å². The van der Waals surface area contributed by atoms with Gasteiger partial charge in [-0.15, -0.1) is 0 Å². The molecule has 3 aromatic carbocycles. The Hall–Kier alpha value is -3.55. The number of hydrogen-bond donors (Lipinski definition) is 1. The number of carbonyl (C=O) groups excluding carboxylic acids is 2. The summed E-state index contributed by atoms with van der Waals surface area (Å²) in [7, 11) is 3.18. The van der Waals surface area contributed by atoms with E-state index in [1.807, 2.05) is 54.6 Å². The molecule has 0 spiro atoms. The fraction of sp³-hybridized carbons (Fsp3) is 0.429. The van der Waals surface area contributed by atoms with Crippen molar-refractivity contribution < 1.29 is 19.1 Å². The van der Waals surface area contributed by atoms with Crippen LogP contribution in [0, 0.1) is 5.92 Å². The summed E-state index contributed by atoms with van der Waals surface area (Å²) in [6, 6.07) is 21.4. The van der Waals surface area contributed by atoms with Gasteiger partial charge in [0.05, 0.1) is 14.2 Å². The van der Waals surface area contributed by atoms with E-state index < -0.39 is 0 Å². The van der Waals surface area contributed by atoms with Gasteiger partial charge in [-0.2, -0.15) is 0 Å². The van der Waals surface area contributed by atoms with Crippen LogP contribution < -0.4 is 14.8 Å². The molecular formula is C35H44ClN3O4. The number of piperidine rings is 1. The third-order valence-electron chi connectivity index (χ3n) is 8.41. The third-order valence-corrected chi connectivity index (χ3v) is 8.66. The lowest BCUT2D eigenvalue weighted by Crippen LogP contribution is -2.48. The standard InChI is InChI=1S/C35H44ClN3O4/c1-5-28(6-2)35(41)39(31-17-19-38(20-18-31)23-25-9-14-30(36)15-10-25)24-26-7-12-29(13-8-26)34(40)37-22-27-11-16-32(42-3)33(21-27)43-4/h7-16,21,28,31H,5-6,17-20,22-24H2,1-4H3,(H,37,40). The Morgan fingerprint density at radius 1 is 0.884 bits per heavy atom. The van der Waals surface area contributed by atoms with Crippen LogP contribution in [0.3, 0.4) is 0 Å². The molecule has 1 fully saturated rings. The first-order chi connectivity index (χ1) is 20.8. The quantitative estimate of drug-likeness (QED) is 0.234. The summed E-state index contributed by atoms with van der Waals surface area (Å²) < 4.78 is 10.7. The van der Waals surface area contributed by atoms with Crippen LogP contribution in [-0.2, 0) is 24.4 Å². The van der Waals surface area contributed by atoms with Crippen molar-refractivity contribution in [2.24, 2.45) is 5.92 Å². The van der Waals surface area contributed by atoms with Crippen LogP contribution in [0.25, 0.3) is 0 Å². The number of halogens is 1. The number of likely N-dealkylation sites (tertiary alicyclic amines) is 1. The van der Waals surface area contributed by atoms with Crippen molar-refractivity contribution in [3.8, 4) is 11.5 Å². The molecule has 0 radical (unpaired) electrons. The molecule has 0 aliphatic carbocycles. The lowest BCUT2D eigenvalue weighted by atomic mass is 9.96. The molecule has 7 nitrogen and oxygen atoms in total. The summed E-state index contributed by atoms with van der Waals surface area (Å²) in [4.78, 5) is 31.2. The number of nitrogens with zero attached hydrogens (tertiary/aromatic N) is 2. The lowest BCUT2D eigenvalue weighted by Gasteiger charge is -2.40. The molecule has 3 aromatic rings. The molecule has 1 heterocycles. The second-order valence-electron chi connectivity index (χ2n) is 11.2. The van der Waals surface area contributed by atoms with Gasteiger partial charge in [0.25, 0.3) is 5.91 Å². The zero-order valence-electron chi connectivity index (χ0n) is 25.8. The monoisotopic (exact) mass is 605 g/mol. The van der Waals surface area contributed by atoms with Crippen LogP contribution in [-0.4, -0.2) is 55.0 Å². The molecule has 1 aliphatic heterocycles. The van der Waals surface area contributed by atoms with Gasteiger partial charge in [0.2, 0.25) is 5.91 Å². The molecule has 0 aromatic heterocycles. The molecule has 0 saturated carbocycles. The molecule has 4 rings (SSSR count). The Labute approximate surface area is 261 Å². The molecule has 1 aliphatic rings. The molecule has 43 heavy (non-hydrogen) atoms. The lowest BCUT2D eigenvalue weighted by molar-refractivity contribution is -0.140. The van der Waals surface area contributed by atoms with Crippen molar-refractivity contribution in [2.45, 2.75) is 65.2 Å². The smallest absolute Gasteiger partial charge is 0.251 e. The first kappa shape index (κ1) is 32.4. The van der Waals surface area contributed by atoms with Crippen LogP contribution in [0.15, 0.2) is 66.7 Å². The summed E-state index contributed by atoms with van der Waals surface area (Å²) in [5.41, 5.74) is 3.77. The van der Waals surface area contributed by atoms with E-state index in [4.69, 9.17) is 21.1 Å². The molecule has 8 heteroatoms. The van der Waals surface area contributed by atoms with E-state index in [9.17, 15) is 9.59 Å². The van der Waals surface area contributed by atoms with E-state index >= 15 is 0 Å². The van der Waals surface area contributed by atoms with Crippen molar-refractivity contribution in [2.75, 3.05) is 27.3 Å². The van der Waals surface area contributed by atoms with Crippen molar-refractivity contribution in [3.63, 3.8) is 0 Å². The van der Waals surface area contributed by atoms with Gasteiger partial charge in [-0.05, 0) is 78.8 Å². The number of methoxy groups -OCH3 is 2. The number of ether oxygens (including phenoxy) is 2. The predicted molar refractivity (Wildman–Crippen MR) is 172 cm³/mol. The predicted octanol–water partition coefficient (Wildman–Crippen LogP) is 6.72. The molecular weight excluding hydrogens is 562 g/mol. The summed E-state index contributed by atoms with van der Waals surface area (Å²) in [5.74, 6) is 1.37. The highest BCUT2D eigenvalue weighted by Crippen LogP contribution is 2.28. The van der Waals surface area contributed by atoms with Gasteiger partial charge in [0.1, 0.15) is 0 Å². The summed E-state index contributed by atoms with van der Waals surface area (Å²) in [5, 5.41) is 3.73. The number of rotatable bonds is 13. The van der Waals surface area contributed by atoms with Crippen LogP contribution in [0.4, 0.5) is 0 Å². The molecule has 1 N–H and O–H groups in total. The second-order valence-corrected chi connectivity index (χ2v) is 11.6. The highest BCUT2D eigenvalue weighted by molar-refractivity contribution is 6.30. The molecule has 2 amide bonds. The van der Waals surface area contributed by atoms with Crippen LogP contribution in [0.5, 0.6) is 11.5 Å². The summed E-state index contributed by atoms with van der Waals surface area (Å²) >= 11 is 6.05. The van der Waals surface area contributed by atoms with Crippen LogP contribution >= 0.6 is 11.6 Å². The maximum atomic E-state index is 13.7. The SMILES string of the molecule is CCC(CC)C(=O)N(Cc1ccc(C(=O)NCc2ccc(OC)c(OC)c2)cc1)C1CCN(Cc2ccc(Cl)cc2)CC1. The van der Waals surface area contributed by atoms with Gasteiger partial charge >= 0.3 is 0 Å². The first-order valence-electron chi connectivity index (χ1n) is 15.2. The molecule has 1 saturated heterocycles. The van der Waals surface area contributed by atoms with Gasteiger partial charge in [0.15, 0.2) is 11.5 Å². The molecule has 230 valence electrons. The van der Waals surface area contributed by atoms with Gasteiger partial charge in [-0.25, -0.2) is 0 Å². The van der Waals surface area contributed by atoms with Gasteiger partial charge in [-0.1, -0.05) is 55.8 Å². The topological polar surface area (TPSA) is 71.1 Å². The number of hydrogen-bond acceptors (Lipinski definition) is 5. The third kappa shape index (κ3) is 8.74. The van der Waals surface area contributed by atoms with E-state index in [2.05, 4.69) is 41.1 Å². The highest BCUT2D eigenvalue weighted by atomic mass is 35.5. The van der Waals surface area contributed by atoms with Crippen molar-refractivity contribution >= 4 is 23.4 Å². The zero-order valence-corrected chi connectivity index (χ0v) is 26.5. The number of amides is 2. The zero-order chi connectivity index (χ0) is 30.8. The van der Waals surface area contributed by atoms with E-state index in [-0.39, 0.29) is 23.8 Å². The minimum Gasteiger partial charge on any atom is -0.493 e. The van der Waals surface area contributed by atoms with E-state index in [1.165, 1.54) is 5.56 Å². The number of nitrogens with one attached hydrogen (secondary N) is 1. The Bertz CT molecular complexity index is 1330. The fourth-order valence-electron chi connectivity index (χ4n) is 5.73. The number of carbonyl (C=O) groups is 2. The molecule has 0 atom stereocenters. The second kappa shape index (κ2) is 15.8. The Morgan fingerprint density at radius 2 is 1.49 bits per heavy atom. The largest absolute Gasteiger partial charge is 0.493 e. The fourth-order valence-corrected chi connectivity index (χ4v) is 5.86. The first-order valence-corrected chi connectivity index (χ1v) is 15.6. The average molecular weight is 606 g/mol. The maximum absolute atomic E-state index is 13.7. The molecule has 0 bridgehead atoms. The maximum Gasteiger partial charge on any atom is 0.251 e. The van der Waals surface area contributed by atoms with Gasteiger partial charge in [-0.3, -0.25) is 14.5 Å². The van der Waals surface area contributed by atoms with E-state index in [0.717, 1.165) is 61.5 Å². The van der Waals surface area contributed by atoms with Gasteiger partial charge < -0.3 is 19.7 Å². The Kier molecular flexibility index (Phi) is 11.9. The van der Waals surface area contributed by atoms with E-state index in [0.29, 0.717) is 30.2 Å². The Balaban J connectivity index is 1.38. The van der Waals surface area contributed by atoms with Crippen LogP contribution in [0.1, 0.15) is 66.6 Å². The summed E-state index contributed by atoms with van der Waals surface area (Å²) in [6.07, 6.45) is 3.55. The molecule has 0 unspecified atom stereocenters. The van der Waals surface area contributed by atoms with Crippen molar-refractivity contribution in [3.05, 3.63) is 94.0 Å². The minimum absolute atomic E-state index is 0.0220. The van der Waals surface area contributed by atoms with Gasteiger partial charge in [0, 0.05) is 55.3 Å². The van der Waals surface area contributed by atoms with Crippen molar-refractivity contribution in [1.82, 2.24) is 15.1 Å². The van der Waals surface area contributed by atoms with Crippen molar-refractivity contribution in [1.29, 1.82) is 0 Å².